The molecule has 0 aliphatic heterocycles. The van der Waals surface area contributed by atoms with Crippen LogP contribution in [0.2, 0.25) is 0 Å². The van der Waals surface area contributed by atoms with Gasteiger partial charge in [-0.25, -0.2) is 0 Å². The lowest BCUT2D eigenvalue weighted by atomic mass is 9.96. The smallest absolute Gasteiger partial charge is 0.0988 e. The molecule has 0 spiro atoms. The van der Waals surface area contributed by atoms with Crippen LogP contribution < -0.4 is 0 Å². The van der Waals surface area contributed by atoms with E-state index in [0.29, 0.717) is 6.61 Å². The highest BCUT2D eigenvalue weighted by atomic mass is 16.5. The van der Waals surface area contributed by atoms with Gasteiger partial charge in [-0.1, -0.05) is 13.0 Å². The van der Waals surface area contributed by atoms with Crippen molar-refractivity contribution in [1.82, 2.24) is 4.98 Å². The molecular formula is C12H19NO2. The van der Waals surface area contributed by atoms with Crippen molar-refractivity contribution >= 4 is 0 Å². The van der Waals surface area contributed by atoms with Gasteiger partial charge in [-0.3, -0.25) is 4.98 Å². The molecule has 2 unspecified atom stereocenters. The second kappa shape index (κ2) is 5.83. The minimum absolute atomic E-state index is 0.165. The molecule has 0 bridgehead atoms. The number of methoxy groups -OCH3 is 1. The predicted octanol–water partition coefficient (Wildman–Crippen LogP) is 2.10. The molecule has 0 radical (unpaired) electrons. The van der Waals surface area contributed by atoms with Crippen LogP contribution in [0, 0.1) is 12.8 Å². The molecule has 1 rings (SSSR count). The summed E-state index contributed by atoms with van der Waals surface area (Å²) in [5.74, 6) is 0.165. The highest BCUT2D eigenvalue weighted by molar-refractivity contribution is 5.20. The quantitative estimate of drug-likeness (QED) is 0.807. The standard InChI is InChI=1S/C12H19NO2/c1-9-5-4-7-13-11(9)12(14)10(2)6-8-15-3/h4-5,7,10,12,14H,6,8H2,1-3H3. The first-order valence-corrected chi connectivity index (χ1v) is 5.25. The van der Waals surface area contributed by atoms with Crippen molar-refractivity contribution in [3.05, 3.63) is 29.6 Å². The third kappa shape index (κ3) is 3.29. The van der Waals surface area contributed by atoms with Gasteiger partial charge in [-0.2, -0.15) is 0 Å². The number of ether oxygens (including phenoxy) is 1. The van der Waals surface area contributed by atoms with Crippen LogP contribution in [0.25, 0.3) is 0 Å². The normalized spacial score (nSPS) is 14.9. The molecule has 0 fully saturated rings. The first-order valence-electron chi connectivity index (χ1n) is 5.25. The van der Waals surface area contributed by atoms with Crippen LogP contribution in [-0.2, 0) is 4.74 Å². The lowest BCUT2D eigenvalue weighted by Crippen LogP contribution is -2.14. The fourth-order valence-electron chi connectivity index (χ4n) is 1.54. The van der Waals surface area contributed by atoms with Gasteiger partial charge in [0.1, 0.15) is 0 Å². The average molecular weight is 209 g/mol. The number of nitrogens with zero attached hydrogens (tertiary/aromatic N) is 1. The second-order valence-corrected chi connectivity index (χ2v) is 3.91. The van der Waals surface area contributed by atoms with Gasteiger partial charge in [0.15, 0.2) is 0 Å². The molecule has 0 saturated carbocycles. The number of aliphatic hydroxyl groups excluding tert-OH is 1. The monoisotopic (exact) mass is 209 g/mol. The molecule has 0 aliphatic carbocycles. The molecule has 3 heteroatoms. The maximum atomic E-state index is 10.1. The maximum absolute atomic E-state index is 10.1. The van der Waals surface area contributed by atoms with Crippen LogP contribution >= 0.6 is 0 Å². The summed E-state index contributed by atoms with van der Waals surface area (Å²) >= 11 is 0. The fraction of sp³-hybridized carbons (Fsp3) is 0.583. The Balaban J connectivity index is 2.67. The van der Waals surface area contributed by atoms with Gasteiger partial charge < -0.3 is 9.84 Å². The second-order valence-electron chi connectivity index (χ2n) is 3.91. The molecule has 0 amide bonds. The van der Waals surface area contributed by atoms with Gasteiger partial charge >= 0.3 is 0 Å². The Morgan fingerprint density at radius 3 is 2.87 bits per heavy atom. The van der Waals surface area contributed by atoms with E-state index in [0.717, 1.165) is 17.7 Å². The van der Waals surface area contributed by atoms with Crippen LogP contribution in [0.4, 0.5) is 0 Å². The summed E-state index contributed by atoms with van der Waals surface area (Å²) in [6.45, 7) is 4.65. The van der Waals surface area contributed by atoms with Gasteiger partial charge in [0.25, 0.3) is 0 Å². The number of hydrogen-bond donors (Lipinski definition) is 1. The summed E-state index contributed by atoms with van der Waals surface area (Å²) in [5, 5.41) is 10.1. The van der Waals surface area contributed by atoms with Gasteiger partial charge in [0, 0.05) is 19.9 Å². The van der Waals surface area contributed by atoms with E-state index >= 15 is 0 Å². The van der Waals surface area contributed by atoms with Gasteiger partial charge in [0.05, 0.1) is 11.8 Å². The molecule has 1 aromatic heterocycles. The Morgan fingerprint density at radius 1 is 1.53 bits per heavy atom. The summed E-state index contributed by atoms with van der Waals surface area (Å²) in [6, 6.07) is 3.85. The van der Waals surface area contributed by atoms with Crippen molar-refractivity contribution in [3.8, 4) is 0 Å². The van der Waals surface area contributed by atoms with E-state index in [1.54, 1.807) is 13.3 Å². The highest BCUT2D eigenvalue weighted by Crippen LogP contribution is 2.24. The van der Waals surface area contributed by atoms with E-state index in [2.05, 4.69) is 4.98 Å². The third-order valence-electron chi connectivity index (χ3n) is 2.65. The van der Waals surface area contributed by atoms with E-state index in [1.807, 2.05) is 26.0 Å². The highest BCUT2D eigenvalue weighted by Gasteiger charge is 2.18. The lowest BCUT2D eigenvalue weighted by molar-refractivity contribution is 0.0850. The molecule has 1 N–H and O–H groups in total. The number of aromatic nitrogens is 1. The van der Waals surface area contributed by atoms with E-state index < -0.39 is 6.10 Å². The summed E-state index contributed by atoms with van der Waals surface area (Å²) in [4.78, 5) is 4.22. The first-order chi connectivity index (χ1) is 7.16. The average Bonchev–Trinajstić information content (AvgIpc) is 2.25. The maximum Gasteiger partial charge on any atom is 0.0988 e. The zero-order valence-electron chi connectivity index (χ0n) is 9.60. The SMILES string of the molecule is COCCC(C)C(O)c1ncccc1C. The Kier molecular flexibility index (Phi) is 4.72. The van der Waals surface area contributed by atoms with Crippen LogP contribution in [0.1, 0.15) is 30.7 Å². The molecule has 15 heavy (non-hydrogen) atoms. The van der Waals surface area contributed by atoms with Gasteiger partial charge in [-0.05, 0) is 30.9 Å². The molecule has 3 nitrogen and oxygen atoms in total. The molecular weight excluding hydrogens is 190 g/mol. The topological polar surface area (TPSA) is 42.4 Å². The van der Waals surface area contributed by atoms with Crippen molar-refractivity contribution in [2.45, 2.75) is 26.4 Å². The molecule has 84 valence electrons. The molecule has 2 atom stereocenters. The van der Waals surface area contributed by atoms with E-state index in [1.165, 1.54) is 0 Å². The van der Waals surface area contributed by atoms with Crippen LogP contribution in [0.3, 0.4) is 0 Å². The predicted molar refractivity (Wildman–Crippen MR) is 59.6 cm³/mol. The minimum atomic E-state index is -0.499. The largest absolute Gasteiger partial charge is 0.387 e. The molecule has 1 heterocycles. The van der Waals surface area contributed by atoms with Crippen molar-refractivity contribution in [3.63, 3.8) is 0 Å². The number of pyridine rings is 1. The number of aryl methyl sites for hydroxylation is 1. The Labute approximate surface area is 91.1 Å². The minimum Gasteiger partial charge on any atom is -0.387 e. The number of aliphatic hydroxyl groups is 1. The zero-order chi connectivity index (χ0) is 11.3. The lowest BCUT2D eigenvalue weighted by Gasteiger charge is -2.19. The molecule has 0 saturated heterocycles. The van der Waals surface area contributed by atoms with E-state index in [-0.39, 0.29) is 5.92 Å². The molecule has 0 aromatic carbocycles. The third-order valence-corrected chi connectivity index (χ3v) is 2.65. The summed E-state index contributed by atoms with van der Waals surface area (Å²) in [7, 11) is 1.67. The fourth-order valence-corrected chi connectivity index (χ4v) is 1.54. The van der Waals surface area contributed by atoms with Crippen molar-refractivity contribution in [1.29, 1.82) is 0 Å². The van der Waals surface area contributed by atoms with Gasteiger partial charge in [0.2, 0.25) is 0 Å². The Bertz CT molecular complexity index is 301. The van der Waals surface area contributed by atoms with Gasteiger partial charge in [-0.15, -0.1) is 0 Å². The van der Waals surface area contributed by atoms with Crippen molar-refractivity contribution < 1.29 is 9.84 Å². The summed E-state index contributed by atoms with van der Waals surface area (Å²) < 4.78 is 5.00. The molecule has 1 aromatic rings. The zero-order valence-corrected chi connectivity index (χ0v) is 9.60. The Morgan fingerprint density at radius 2 is 2.27 bits per heavy atom. The van der Waals surface area contributed by atoms with Crippen LogP contribution in [0.15, 0.2) is 18.3 Å². The van der Waals surface area contributed by atoms with Crippen LogP contribution in [0.5, 0.6) is 0 Å². The summed E-state index contributed by atoms with van der Waals surface area (Å²) in [5.41, 5.74) is 1.82. The summed E-state index contributed by atoms with van der Waals surface area (Å²) in [6.07, 6.45) is 2.06. The number of hydrogen-bond acceptors (Lipinski definition) is 3. The van der Waals surface area contributed by atoms with E-state index in [4.69, 9.17) is 4.74 Å². The Hall–Kier alpha value is -0.930. The molecule has 0 aliphatic rings. The number of rotatable bonds is 5. The van der Waals surface area contributed by atoms with E-state index in [9.17, 15) is 5.11 Å². The van der Waals surface area contributed by atoms with Crippen molar-refractivity contribution in [2.24, 2.45) is 5.92 Å². The first kappa shape index (κ1) is 12.1. The van der Waals surface area contributed by atoms with Crippen LogP contribution in [-0.4, -0.2) is 23.8 Å². The van der Waals surface area contributed by atoms with Crippen molar-refractivity contribution in [2.75, 3.05) is 13.7 Å².